The number of carbonyl (C=O) groups is 1. The Kier molecular flexibility index (Phi) is 6.65. The first-order valence-corrected chi connectivity index (χ1v) is 7.03. The van der Waals surface area contributed by atoms with E-state index in [0.717, 1.165) is 39.1 Å². The maximum absolute atomic E-state index is 12.4. The van der Waals surface area contributed by atoms with E-state index in [1.807, 2.05) is 19.0 Å². The molecule has 1 heterocycles. The van der Waals surface area contributed by atoms with Crippen LogP contribution >= 0.6 is 0 Å². The minimum Gasteiger partial charge on any atom is -0.381 e. The molecule has 1 unspecified atom stereocenters. The molecule has 4 nitrogen and oxygen atoms in total. The Bertz CT molecular complexity index is 250. The first-order valence-electron chi connectivity index (χ1n) is 7.03. The molecule has 106 valence electrons. The van der Waals surface area contributed by atoms with E-state index in [-0.39, 0.29) is 11.8 Å². The molecule has 0 aromatic carbocycles. The van der Waals surface area contributed by atoms with Crippen LogP contribution < -0.4 is 5.32 Å². The maximum Gasteiger partial charge on any atom is 0.226 e. The average Bonchev–Trinajstić information content (AvgIpc) is 2.36. The molecule has 1 amide bonds. The topological polar surface area (TPSA) is 41.6 Å². The third-order valence-electron chi connectivity index (χ3n) is 3.80. The van der Waals surface area contributed by atoms with Crippen LogP contribution in [0.3, 0.4) is 0 Å². The van der Waals surface area contributed by atoms with Gasteiger partial charge in [-0.3, -0.25) is 4.79 Å². The van der Waals surface area contributed by atoms with Crippen molar-refractivity contribution in [3.63, 3.8) is 0 Å². The first-order chi connectivity index (χ1) is 8.56. The molecule has 1 aliphatic heterocycles. The van der Waals surface area contributed by atoms with Gasteiger partial charge in [0.2, 0.25) is 5.91 Å². The smallest absolute Gasteiger partial charge is 0.226 e. The van der Waals surface area contributed by atoms with Crippen LogP contribution in [-0.4, -0.2) is 51.2 Å². The van der Waals surface area contributed by atoms with Gasteiger partial charge in [0.05, 0.1) is 5.92 Å². The van der Waals surface area contributed by atoms with Gasteiger partial charge in [0, 0.05) is 33.4 Å². The molecule has 0 radical (unpaired) electrons. The van der Waals surface area contributed by atoms with Crippen molar-refractivity contribution < 1.29 is 9.53 Å². The normalized spacial score (nSPS) is 18.9. The van der Waals surface area contributed by atoms with Crippen LogP contribution in [0.1, 0.15) is 26.7 Å². The maximum atomic E-state index is 12.4. The number of nitrogens with zero attached hydrogens (tertiary/aromatic N) is 1. The zero-order chi connectivity index (χ0) is 13.5. The Morgan fingerprint density at radius 1 is 1.39 bits per heavy atom. The standard InChI is InChI=1S/C14H28N2O2/c1-11(2)13(9-15-3)14(17)16(4)10-12-5-7-18-8-6-12/h11-13,15H,5-10H2,1-4H3. The van der Waals surface area contributed by atoms with Crippen molar-refractivity contribution in [3.8, 4) is 0 Å². The van der Waals surface area contributed by atoms with E-state index in [1.54, 1.807) is 0 Å². The molecule has 0 spiro atoms. The highest BCUT2D eigenvalue weighted by Crippen LogP contribution is 2.18. The van der Waals surface area contributed by atoms with Crippen LogP contribution in [0, 0.1) is 17.8 Å². The fourth-order valence-electron chi connectivity index (χ4n) is 2.52. The van der Waals surface area contributed by atoms with Crippen LogP contribution in [0.15, 0.2) is 0 Å². The van der Waals surface area contributed by atoms with Gasteiger partial charge in [-0.1, -0.05) is 13.8 Å². The fourth-order valence-corrected chi connectivity index (χ4v) is 2.52. The Labute approximate surface area is 111 Å². The molecular weight excluding hydrogens is 228 g/mol. The van der Waals surface area contributed by atoms with Gasteiger partial charge in [-0.25, -0.2) is 0 Å². The summed E-state index contributed by atoms with van der Waals surface area (Å²) < 4.78 is 5.35. The number of hydrogen-bond acceptors (Lipinski definition) is 3. The van der Waals surface area contributed by atoms with E-state index in [9.17, 15) is 4.79 Å². The molecule has 0 bridgehead atoms. The predicted molar refractivity (Wildman–Crippen MR) is 73.4 cm³/mol. The fraction of sp³-hybridized carbons (Fsp3) is 0.929. The van der Waals surface area contributed by atoms with Crippen molar-refractivity contribution in [1.82, 2.24) is 10.2 Å². The zero-order valence-corrected chi connectivity index (χ0v) is 12.2. The lowest BCUT2D eigenvalue weighted by atomic mass is 9.93. The second-order valence-corrected chi connectivity index (χ2v) is 5.68. The Morgan fingerprint density at radius 3 is 2.50 bits per heavy atom. The van der Waals surface area contributed by atoms with Gasteiger partial charge in [0.1, 0.15) is 0 Å². The monoisotopic (exact) mass is 256 g/mol. The predicted octanol–water partition coefficient (Wildman–Crippen LogP) is 1.36. The summed E-state index contributed by atoms with van der Waals surface area (Å²) in [5, 5.41) is 3.12. The summed E-state index contributed by atoms with van der Waals surface area (Å²) in [7, 11) is 3.84. The van der Waals surface area contributed by atoms with Gasteiger partial charge in [0.15, 0.2) is 0 Å². The van der Waals surface area contributed by atoms with E-state index in [0.29, 0.717) is 11.8 Å². The van der Waals surface area contributed by atoms with Crippen molar-refractivity contribution in [2.75, 3.05) is 40.4 Å². The minimum absolute atomic E-state index is 0.0832. The lowest BCUT2D eigenvalue weighted by Crippen LogP contribution is -2.42. The molecule has 1 atom stereocenters. The van der Waals surface area contributed by atoms with Gasteiger partial charge >= 0.3 is 0 Å². The molecule has 1 saturated heterocycles. The van der Waals surface area contributed by atoms with Gasteiger partial charge in [-0.15, -0.1) is 0 Å². The van der Waals surface area contributed by atoms with E-state index >= 15 is 0 Å². The Morgan fingerprint density at radius 2 is 2.00 bits per heavy atom. The molecule has 1 N–H and O–H groups in total. The van der Waals surface area contributed by atoms with Gasteiger partial charge in [0.25, 0.3) is 0 Å². The van der Waals surface area contributed by atoms with Crippen LogP contribution in [-0.2, 0) is 9.53 Å². The van der Waals surface area contributed by atoms with Crippen molar-refractivity contribution >= 4 is 5.91 Å². The van der Waals surface area contributed by atoms with Gasteiger partial charge in [-0.2, -0.15) is 0 Å². The zero-order valence-electron chi connectivity index (χ0n) is 12.2. The number of amides is 1. The summed E-state index contributed by atoms with van der Waals surface area (Å²) in [6.45, 7) is 7.54. The molecule has 18 heavy (non-hydrogen) atoms. The van der Waals surface area contributed by atoms with Crippen molar-refractivity contribution in [2.45, 2.75) is 26.7 Å². The summed E-state index contributed by atoms with van der Waals surface area (Å²) in [5.74, 6) is 1.34. The summed E-state index contributed by atoms with van der Waals surface area (Å²) in [6, 6.07) is 0. The van der Waals surface area contributed by atoms with E-state index in [2.05, 4.69) is 19.2 Å². The summed E-state index contributed by atoms with van der Waals surface area (Å²) in [4.78, 5) is 14.3. The van der Waals surface area contributed by atoms with Crippen LogP contribution in [0.25, 0.3) is 0 Å². The van der Waals surface area contributed by atoms with Crippen molar-refractivity contribution in [3.05, 3.63) is 0 Å². The van der Waals surface area contributed by atoms with Gasteiger partial charge < -0.3 is 15.0 Å². The second kappa shape index (κ2) is 7.74. The van der Waals surface area contributed by atoms with Crippen LogP contribution in [0.5, 0.6) is 0 Å². The Balaban J connectivity index is 2.47. The van der Waals surface area contributed by atoms with Crippen LogP contribution in [0.4, 0.5) is 0 Å². The van der Waals surface area contributed by atoms with Crippen LogP contribution in [0.2, 0.25) is 0 Å². The first kappa shape index (κ1) is 15.4. The van der Waals surface area contributed by atoms with Gasteiger partial charge in [-0.05, 0) is 31.7 Å². The average molecular weight is 256 g/mol. The number of hydrogen-bond donors (Lipinski definition) is 1. The third-order valence-corrected chi connectivity index (χ3v) is 3.80. The third kappa shape index (κ3) is 4.58. The highest BCUT2D eigenvalue weighted by molar-refractivity contribution is 5.79. The molecule has 0 saturated carbocycles. The molecule has 0 aliphatic carbocycles. The van der Waals surface area contributed by atoms with E-state index < -0.39 is 0 Å². The molecule has 1 fully saturated rings. The molecular formula is C14H28N2O2. The molecule has 0 aromatic heterocycles. The number of nitrogens with one attached hydrogen (secondary N) is 1. The summed E-state index contributed by atoms with van der Waals surface area (Å²) in [5.41, 5.74) is 0. The summed E-state index contributed by atoms with van der Waals surface area (Å²) in [6.07, 6.45) is 2.16. The molecule has 1 aliphatic rings. The lowest BCUT2D eigenvalue weighted by molar-refractivity contribution is -0.136. The molecule has 4 heteroatoms. The Hall–Kier alpha value is -0.610. The number of ether oxygens (including phenoxy) is 1. The van der Waals surface area contributed by atoms with E-state index in [1.165, 1.54) is 0 Å². The summed E-state index contributed by atoms with van der Waals surface area (Å²) >= 11 is 0. The molecule has 0 aromatic rings. The second-order valence-electron chi connectivity index (χ2n) is 5.68. The quantitative estimate of drug-likeness (QED) is 0.780. The minimum atomic E-state index is 0.0832. The van der Waals surface area contributed by atoms with Crippen molar-refractivity contribution in [1.29, 1.82) is 0 Å². The number of rotatable bonds is 6. The highest BCUT2D eigenvalue weighted by Gasteiger charge is 2.26. The SMILES string of the molecule is CNCC(C(=O)N(C)CC1CCOCC1)C(C)C. The largest absolute Gasteiger partial charge is 0.381 e. The van der Waals surface area contributed by atoms with Crippen molar-refractivity contribution in [2.24, 2.45) is 17.8 Å². The molecule has 1 rings (SSSR count). The van der Waals surface area contributed by atoms with E-state index in [4.69, 9.17) is 4.74 Å². The number of carbonyl (C=O) groups excluding carboxylic acids is 1. The lowest BCUT2D eigenvalue weighted by Gasteiger charge is -2.30. The highest BCUT2D eigenvalue weighted by atomic mass is 16.5.